The summed E-state index contributed by atoms with van der Waals surface area (Å²) in [5, 5.41) is 0. The number of hydrogen-bond acceptors (Lipinski definition) is 6. The van der Waals surface area contributed by atoms with Crippen LogP contribution in [0.4, 0.5) is 9.59 Å². The molecule has 2 aliphatic rings. The van der Waals surface area contributed by atoms with Crippen molar-refractivity contribution in [3.05, 3.63) is 59.6 Å². The Balaban J connectivity index is 1.25. The lowest BCUT2D eigenvalue weighted by Crippen LogP contribution is -2.37. The van der Waals surface area contributed by atoms with Gasteiger partial charge < -0.3 is 19.4 Å². The summed E-state index contributed by atoms with van der Waals surface area (Å²) >= 11 is 0. The van der Waals surface area contributed by atoms with Crippen molar-refractivity contribution in [3.63, 3.8) is 0 Å². The fraction of sp³-hybridized carbons (Fsp3) is 0.529. The Kier molecular flexibility index (Phi) is 8.52. The molecule has 0 unspecified atom stereocenters. The number of hydrogen-bond donors (Lipinski definition) is 2. The van der Waals surface area contributed by atoms with Gasteiger partial charge in [-0.1, -0.05) is 31.9 Å². The van der Waals surface area contributed by atoms with Crippen LogP contribution in [-0.4, -0.2) is 66.2 Å². The molecule has 2 fully saturated rings. The topological polar surface area (TPSA) is 116 Å². The maximum atomic E-state index is 12.9. The van der Waals surface area contributed by atoms with E-state index in [2.05, 4.69) is 45.6 Å². The standard InChI is InChI=1S/C34H44N6O4/c1-21-15-27(39(19-21)31(41)43-33(3,4)5)29-35-17-25(37-29)14-11-23-9-12-24(13-10-23)26-18-36-30(38-26)28-16-22(2)20-40(28)32(42)44-34(6,7)8/h9-10,12-13,17-18,21-22,27-28H,15-16,19-20H2,1-8H3,(H,35,37)(H,36,38)/t21-,22+,27-,28-/m0/s1. The molecule has 0 aliphatic carbocycles. The van der Waals surface area contributed by atoms with Crippen molar-refractivity contribution in [1.82, 2.24) is 29.7 Å². The summed E-state index contributed by atoms with van der Waals surface area (Å²) in [6.07, 6.45) is 4.53. The lowest BCUT2D eigenvalue weighted by atomic mass is 10.1. The van der Waals surface area contributed by atoms with Gasteiger partial charge in [-0.3, -0.25) is 9.80 Å². The zero-order chi connectivity index (χ0) is 31.8. The molecular formula is C34H44N6O4. The zero-order valence-corrected chi connectivity index (χ0v) is 27.0. The number of nitrogens with one attached hydrogen (secondary N) is 2. The molecule has 4 atom stereocenters. The van der Waals surface area contributed by atoms with Crippen LogP contribution in [0.5, 0.6) is 0 Å². The number of imidazole rings is 2. The molecule has 3 aromatic rings. The molecule has 0 bridgehead atoms. The second-order valence-corrected chi connectivity index (χ2v) is 14.2. The Labute approximate surface area is 259 Å². The smallest absolute Gasteiger partial charge is 0.410 e. The van der Waals surface area contributed by atoms with Gasteiger partial charge >= 0.3 is 12.2 Å². The van der Waals surface area contributed by atoms with Crippen molar-refractivity contribution in [3.8, 4) is 23.1 Å². The molecule has 10 nitrogen and oxygen atoms in total. The minimum absolute atomic E-state index is 0.151. The summed E-state index contributed by atoms with van der Waals surface area (Å²) < 4.78 is 11.3. The van der Waals surface area contributed by atoms with E-state index in [4.69, 9.17) is 9.47 Å². The summed E-state index contributed by atoms with van der Waals surface area (Å²) in [7, 11) is 0. The maximum absolute atomic E-state index is 12.9. The van der Waals surface area contributed by atoms with Gasteiger partial charge in [0.15, 0.2) is 0 Å². The van der Waals surface area contributed by atoms with E-state index in [1.165, 1.54) is 0 Å². The average Bonchev–Trinajstić information content (AvgIpc) is 3.71. The number of nitrogens with zero attached hydrogens (tertiary/aromatic N) is 4. The molecule has 234 valence electrons. The van der Waals surface area contributed by atoms with Gasteiger partial charge in [-0.05, 0) is 89.8 Å². The van der Waals surface area contributed by atoms with Crippen molar-refractivity contribution in [2.24, 2.45) is 11.8 Å². The highest BCUT2D eigenvalue weighted by molar-refractivity contribution is 5.70. The van der Waals surface area contributed by atoms with E-state index in [0.29, 0.717) is 30.6 Å². The summed E-state index contributed by atoms with van der Waals surface area (Å²) in [5.74, 6) is 8.55. The van der Waals surface area contributed by atoms with Gasteiger partial charge in [0.1, 0.15) is 28.5 Å². The van der Waals surface area contributed by atoms with Crippen LogP contribution in [0.1, 0.15) is 103 Å². The number of aromatic amines is 2. The molecule has 2 amide bonds. The summed E-state index contributed by atoms with van der Waals surface area (Å²) in [6, 6.07) is 7.61. The van der Waals surface area contributed by atoms with Crippen LogP contribution in [0.15, 0.2) is 36.7 Å². The Morgan fingerprint density at radius 3 is 1.80 bits per heavy atom. The molecule has 10 heteroatoms. The average molecular weight is 601 g/mol. The lowest BCUT2D eigenvalue weighted by Gasteiger charge is -2.27. The number of carbonyl (C=O) groups is 2. The molecule has 1 aromatic carbocycles. The van der Waals surface area contributed by atoms with Crippen molar-refractivity contribution in [1.29, 1.82) is 0 Å². The summed E-state index contributed by atoms with van der Waals surface area (Å²) in [5.41, 5.74) is 2.29. The first-order valence-corrected chi connectivity index (χ1v) is 15.4. The monoisotopic (exact) mass is 600 g/mol. The molecule has 2 aromatic heterocycles. The Morgan fingerprint density at radius 1 is 0.773 bits per heavy atom. The molecule has 2 N–H and O–H groups in total. The highest BCUT2D eigenvalue weighted by Gasteiger charge is 2.39. The van der Waals surface area contributed by atoms with Crippen LogP contribution in [0.3, 0.4) is 0 Å². The Hall–Kier alpha value is -4.26. The normalized spacial score (nSPS) is 22.1. The van der Waals surface area contributed by atoms with Gasteiger partial charge in [-0.15, -0.1) is 0 Å². The lowest BCUT2D eigenvalue weighted by molar-refractivity contribution is 0.0204. The van der Waals surface area contributed by atoms with Gasteiger partial charge in [0.25, 0.3) is 0 Å². The molecule has 44 heavy (non-hydrogen) atoms. The third-order valence-electron chi connectivity index (χ3n) is 7.64. The SMILES string of the molecule is C[C@@H]1C[C@@H](c2ncc(-c3ccc(C#Cc4cnc([C@@H]5C[C@H](C)CN5C(=O)OC(C)(C)C)[nH]4)cc3)[nH]2)N(C(=O)OC(C)(C)C)C1. The second-order valence-electron chi connectivity index (χ2n) is 14.2. The predicted octanol–water partition coefficient (Wildman–Crippen LogP) is 6.84. The summed E-state index contributed by atoms with van der Waals surface area (Å²) in [4.78, 5) is 45.1. The zero-order valence-electron chi connectivity index (χ0n) is 27.0. The number of benzene rings is 1. The molecule has 2 aliphatic heterocycles. The minimum atomic E-state index is -0.555. The molecular weight excluding hydrogens is 556 g/mol. The van der Waals surface area contributed by atoms with Gasteiger partial charge in [-0.25, -0.2) is 19.6 Å². The number of aromatic nitrogens is 4. The van der Waals surface area contributed by atoms with Gasteiger partial charge in [0.05, 0.1) is 30.2 Å². The van der Waals surface area contributed by atoms with E-state index in [0.717, 1.165) is 41.3 Å². The van der Waals surface area contributed by atoms with Crippen LogP contribution in [-0.2, 0) is 9.47 Å². The number of amides is 2. The van der Waals surface area contributed by atoms with Crippen LogP contribution in [0.2, 0.25) is 0 Å². The van der Waals surface area contributed by atoms with Crippen molar-refractivity contribution in [2.75, 3.05) is 13.1 Å². The van der Waals surface area contributed by atoms with Crippen molar-refractivity contribution in [2.45, 2.75) is 91.5 Å². The Bertz CT molecular complexity index is 1550. The van der Waals surface area contributed by atoms with Crippen LogP contribution >= 0.6 is 0 Å². The van der Waals surface area contributed by atoms with Crippen LogP contribution in [0.25, 0.3) is 11.3 Å². The number of rotatable bonds is 3. The summed E-state index contributed by atoms with van der Waals surface area (Å²) in [6.45, 7) is 16.8. The van der Waals surface area contributed by atoms with Crippen molar-refractivity contribution < 1.29 is 19.1 Å². The van der Waals surface area contributed by atoms with Crippen LogP contribution < -0.4 is 0 Å². The van der Waals surface area contributed by atoms with E-state index in [9.17, 15) is 9.59 Å². The first kappa shape index (κ1) is 31.2. The molecule has 0 saturated carbocycles. The van der Waals surface area contributed by atoms with E-state index < -0.39 is 11.2 Å². The first-order valence-electron chi connectivity index (χ1n) is 15.4. The highest BCUT2D eigenvalue weighted by atomic mass is 16.6. The van der Waals surface area contributed by atoms with E-state index in [1.807, 2.05) is 72.0 Å². The molecule has 0 radical (unpaired) electrons. The third kappa shape index (κ3) is 7.44. The predicted molar refractivity (Wildman–Crippen MR) is 168 cm³/mol. The van der Waals surface area contributed by atoms with E-state index in [-0.39, 0.29) is 24.3 Å². The second kappa shape index (κ2) is 12.0. The molecule has 0 spiro atoms. The largest absolute Gasteiger partial charge is 0.444 e. The molecule has 4 heterocycles. The fourth-order valence-electron chi connectivity index (χ4n) is 5.75. The number of likely N-dealkylation sites (tertiary alicyclic amines) is 2. The van der Waals surface area contributed by atoms with Gasteiger partial charge in [0.2, 0.25) is 0 Å². The number of carbonyl (C=O) groups excluding carboxylic acids is 2. The van der Waals surface area contributed by atoms with E-state index >= 15 is 0 Å². The quantitative estimate of drug-likeness (QED) is 0.318. The fourth-order valence-corrected chi connectivity index (χ4v) is 5.75. The minimum Gasteiger partial charge on any atom is -0.444 e. The number of H-pyrrole nitrogens is 2. The third-order valence-corrected chi connectivity index (χ3v) is 7.64. The van der Waals surface area contributed by atoms with E-state index in [1.54, 1.807) is 16.0 Å². The molecule has 5 rings (SSSR count). The number of ether oxygens (including phenoxy) is 2. The van der Waals surface area contributed by atoms with Gasteiger partial charge in [-0.2, -0.15) is 0 Å². The molecule has 2 saturated heterocycles. The maximum Gasteiger partial charge on any atom is 0.410 e. The van der Waals surface area contributed by atoms with Crippen LogP contribution in [0, 0.1) is 23.7 Å². The first-order chi connectivity index (χ1) is 20.6. The Morgan fingerprint density at radius 2 is 1.27 bits per heavy atom. The highest BCUT2D eigenvalue weighted by Crippen LogP contribution is 2.36. The van der Waals surface area contributed by atoms with Crippen molar-refractivity contribution >= 4 is 12.2 Å². The van der Waals surface area contributed by atoms with Gasteiger partial charge in [0, 0.05) is 18.7 Å².